The average Bonchev–Trinajstić information content (AvgIpc) is 3.30. The summed E-state index contributed by atoms with van der Waals surface area (Å²) in [6, 6.07) is 17.1. The van der Waals surface area contributed by atoms with Gasteiger partial charge in [0.1, 0.15) is 0 Å². The number of hydrogen-bond acceptors (Lipinski definition) is 2. The first-order chi connectivity index (χ1) is 13.0. The minimum Gasteiger partial charge on any atom is -0.296 e. The molecule has 134 valence electrons. The standard InChI is InChI=1S/C24H21NO2/c1-13-3-7-15(8-4-13)19(16-9-5-14(2)6-10-16)20-17-11-12-18(20)22-21(17)23(26)25-24(22)27/h3-12,17-18,21-22H,1-2H3,(H,25,26,27)/t17-,18+,21-,22+. The monoisotopic (exact) mass is 355 g/mol. The van der Waals surface area contributed by atoms with Crippen LogP contribution in [0.2, 0.25) is 0 Å². The fraction of sp³-hybridized carbons (Fsp3) is 0.250. The molecule has 3 nitrogen and oxygen atoms in total. The normalized spacial score (nSPS) is 27.9. The van der Waals surface area contributed by atoms with Crippen LogP contribution in [0.5, 0.6) is 0 Å². The topological polar surface area (TPSA) is 46.2 Å². The molecule has 1 aliphatic heterocycles. The van der Waals surface area contributed by atoms with Crippen LogP contribution in [0.15, 0.2) is 66.3 Å². The van der Waals surface area contributed by atoms with Gasteiger partial charge in [0.25, 0.3) is 0 Å². The zero-order valence-electron chi connectivity index (χ0n) is 15.4. The highest BCUT2D eigenvalue weighted by molar-refractivity contribution is 6.08. The van der Waals surface area contributed by atoms with Gasteiger partial charge in [0.15, 0.2) is 0 Å². The van der Waals surface area contributed by atoms with E-state index in [2.05, 4.69) is 79.8 Å². The van der Waals surface area contributed by atoms with E-state index in [0.717, 1.165) is 11.1 Å². The molecular weight excluding hydrogens is 334 g/mol. The molecule has 5 rings (SSSR count). The van der Waals surface area contributed by atoms with Gasteiger partial charge < -0.3 is 0 Å². The number of imide groups is 1. The second kappa shape index (κ2) is 5.78. The molecule has 3 heteroatoms. The van der Waals surface area contributed by atoms with Gasteiger partial charge >= 0.3 is 0 Å². The predicted molar refractivity (Wildman–Crippen MR) is 105 cm³/mol. The van der Waals surface area contributed by atoms with Gasteiger partial charge in [-0.3, -0.25) is 14.9 Å². The van der Waals surface area contributed by atoms with E-state index >= 15 is 0 Å². The Labute approximate surface area is 158 Å². The quantitative estimate of drug-likeness (QED) is 0.658. The summed E-state index contributed by atoms with van der Waals surface area (Å²) in [4.78, 5) is 24.8. The SMILES string of the molecule is Cc1ccc(C(=C2[C@H]3C=C[C@@H]2[C@@H]2C(=O)NC(=O)[C@@H]23)c2ccc(C)cc2)cc1. The zero-order chi connectivity index (χ0) is 18.7. The number of nitrogens with one attached hydrogen (secondary N) is 1. The third-order valence-corrected chi connectivity index (χ3v) is 6.23. The van der Waals surface area contributed by atoms with Crippen LogP contribution in [0.3, 0.4) is 0 Å². The van der Waals surface area contributed by atoms with E-state index in [-0.39, 0.29) is 35.5 Å². The summed E-state index contributed by atoms with van der Waals surface area (Å²) in [5.41, 5.74) is 7.11. The molecule has 2 fully saturated rings. The Morgan fingerprint density at radius 1 is 0.704 bits per heavy atom. The van der Waals surface area contributed by atoms with Crippen LogP contribution >= 0.6 is 0 Å². The summed E-state index contributed by atoms with van der Waals surface area (Å²) in [5.74, 6) is -0.743. The Balaban J connectivity index is 1.74. The van der Waals surface area contributed by atoms with Gasteiger partial charge in [0.05, 0.1) is 11.8 Å². The van der Waals surface area contributed by atoms with Gasteiger partial charge in [-0.15, -0.1) is 0 Å². The number of benzene rings is 2. The lowest BCUT2D eigenvalue weighted by molar-refractivity contribution is -0.126. The molecule has 0 radical (unpaired) electrons. The lowest BCUT2D eigenvalue weighted by Crippen LogP contribution is -2.26. The van der Waals surface area contributed by atoms with Crippen molar-refractivity contribution in [3.8, 4) is 0 Å². The molecule has 2 aliphatic carbocycles. The second-order valence-corrected chi connectivity index (χ2v) is 7.90. The van der Waals surface area contributed by atoms with E-state index in [4.69, 9.17) is 0 Å². The van der Waals surface area contributed by atoms with Crippen LogP contribution in [0, 0.1) is 37.5 Å². The van der Waals surface area contributed by atoms with Crippen molar-refractivity contribution >= 4 is 17.4 Å². The van der Waals surface area contributed by atoms with E-state index in [1.54, 1.807) is 0 Å². The van der Waals surface area contributed by atoms with E-state index in [9.17, 15) is 9.59 Å². The highest BCUT2D eigenvalue weighted by Gasteiger charge is 2.59. The van der Waals surface area contributed by atoms with Crippen molar-refractivity contribution < 1.29 is 9.59 Å². The fourth-order valence-electron chi connectivity index (χ4n) is 4.96. The molecular formula is C24H21NO2. The third kappa shape index (κ3) is 2.34. The highest BCUT2D eigenvalue weighted by Crippen LogP contribution is 2.56. The maximum Gasteiger partial charge on any atom is 0.231 e. The van der Waals surface area contributed by atoms with Crippen LogP contribution in [-0.2, 0) is 9.59 Å². The van der Waals surface area contributed by atoms with E-state index in [1.165, 1.54) is 22.3 Å². The Morgan fingerprint density at radius 2 is 1.11 bits per heavy atom. The van der Waals surface area contributed by atoms with Crippen molar-refractivity contribution in [1.82, 2.24) is 5.32 Å². The number of amides is 2. The molecule has 4 atom stereocenters. The van der Waals surface area contributed by atoms with Gasteiger partial charge in [0, 0.05) is 11.8 Å². The highest BCUT2D eigenvalue weighted by atomic mass is 16.2. The summed E-state index contributed by atoms with van der Waals surface area (Å²) < 4.78 is 0. The van der Waals surface area contributed by atoms with Gasteiger partial charge in [-0.1, -0.05) is 71.8 Å². The van der Waals surface area contributed by atoms with Crippen molar-refractivity contribution in [2.24, 2.45) is 23.7 Å². The van der Waals surface area contributed by atoms with Gasteiger partial charge in [-0.2, -0.15) is 0 Å². The summed E-state index contributed by atoms with van der Waals surface area (Å²) >= 11 is 0. The minimum atomic E-state index is -0.256. The summed E-state index contributed by atoms with van der Waals surface area (Å²) in [7, 11) is 0. The number of hydrogen-bond donors (Lipinski definition) is 1. The number of allylic oxidation sites excluding steroid dienone is 3. The summed E-state index contributed by atoms with van der Waals surface area (Å²) in [6.45, 7) is 4.16. The molecule has 2 amide bonds. The van der Waals surface area contributed by atoms with Crippen molar-refractivity contribution in [2.45, 2.75) is 13.8 Å². The number of fused-ring (bicyclic) bond motifs is 5. The van der Waals surface area contributed by atoms with Gasteiger partial charge in [-0.25, -0.2) is 0 Å². The molecule has 1 heterocycles. The Morgan fingerprint density at radius 3 is 1.52 bits per heavy atom. The van der Waals surface area contributed by atoms with Gasteiger partial charge in [-0.05, 0) is 36.1 Å². The smallest absolute Gasteiger partial charge is 0.231 e. The summed E-state index contributed by atoms with van der Waals surface area (Å²) in [5, 5.41) is 2.53. The molecule has 0 unspecified atom stereocenters. The number of aryl methyl sites for hydroxylation is 2. The molecule has 1 N–H and O–H groups in total. The molecule has 2 aromatic carbocycles. The molecule has 2 aromatic rings. The molecule has 27 heavy (non-hydrogen) atoms. The largest absolute Gasteiger partial charge is 0.296 e. The molecule has 1 saturated carbocycles. The Hall–Kier alpha value is -2.94. The number of carbonyl (C=O) groups excluding carboxylic acids is 2. The van der Waals surface area contributed by atoms with Crippen LogP contribution in [0.1, 0.15) is 22.3 Å². The van der Waals surface area contributed by atoms with Crippen molar-refractivity contribution in [1.29, 1.82) is 0 Å². The van der Waals surface area contributed by atoms with Crippen molar-refractivity contribution in [2.75, 3.05) is 0 Å². The molecule has 1 saturated heterocycles. The first-order valence-corrected chi connectivity index (χ1v) is 9.46. The van der Waals surface area contributed by atoms with Crippen LogP contribution in [-0.4, -0.2) is 11.8 Å². The fourth-order valence-corrected chi connectivity index (χ4v) is 4.96. The van der Waals surface area contributed by atoms with E-state index in [1.807, 2.05) is 0 Å². The van der Waals surface area contributed by atoms with Crippen molar-refractivity contribution in [3.05, 3.63) is 88.5 Å². The Bertz CT molecular complexity index is 932. The third-order valence-electron chi connectivity index (χ3n) is 6.23. The first-order valence-electron chi connectivity index (χ1n) is 9.46. The molecule has 0 spiro atoms. The van der Waals surface area contributed by atoms with Gasteiger partial charge in [0.2, 0.25) is 11.8 Å². The molecule has 3 aliphatic rings. The average molecular weight is 355 g/mol. The molecule has 0 aromatic heterocycles. The maximum atomic E-state index is 12.4. The van der Waals surface area contributed by atoms with Crippen LogP contribution < -0.4 is 5.32 Å². The first kappa shape index (κ1) is 16.2. The van der Waals surface area contributed by atoms with Crippen LogP contribution in [0.4, 0.5) is 0 Å². The second-order valence-electron chi connectivity index (χ2n) is 7.90. The number of rotatable bonds is 2. The molecule has 2 bridgehead atoms. The maximum absolute atomic E-state index is 12.4. The van der Waals surface area contributed by atoms with E-state index in [0.29, 0.717) is 0 Å². The van der Waals surface area contributed by atoms with E-state index < -0.39 is 0 Å². The summed E-state index contributed by atoms with van der Waals surface area (Å²) in [6.07, 6.45) is 4.25. The minimum absolute atomic E-state index is 0.00376. The lowest BCUT2D eigenvalue weighted by atomic mass is 9.85. The predicted octanol–water partition coefficient (Wildman–Crippen LogP) is 3.81. The Kier molecular flexibility index (Phi) is 3.48. The van der Waals surface area contributed by atoms with Crippen LogP contribution in [0.25, 0.3) is 5.57 Å². The zero-order valence-corrected chi connectivity index (χ0v) is 15.4. The van der Waals surface area contributed by atoms with Crippen molar-refractivity contribution in [3.63, 3.8) is 0 Å². The number of carbonyl (C=O) groups is 2. The lowest BCUT2D eigenvalue weighted by Gasteiger charge is -2.18.